The number of hydrogen-bond acceptors (Lipinski definition) is 9. The van der Waals surface area contributed by atoms with Gasteiger partial charge in [-0.05, 0) is 42.2 Å². The summed E-state index contributed by atoms with van der Waals surface area (Å²) in [6, 6.07) is 9.45. The molecule has 41 heavy (non-hydrogen) atoms. The van der Waals surface area contributed by atoms with Crippen molar-refractivity contribution in [2.45, 2.75) is 38.4 Å². The van der Waals surface area contributed by atoms with Gasteiger partial charge in [0.25, 0.3) is 0 Å². The van der Waals surface area contributed by atoms with Crippen LogP contribution < -0.4 is 9.64 Å². The van der Waals surface area contributed by atoms with Crippen LogP contribution in [0.1, 0.15) is 36.5 Å². The van der Waals surface area contributed by atoms with E-state index in [1.807, 2.05) is 35.4 Å². The van der Waals surface area contributed by atoms with Crippen LogP contribution in [0.4, 0.5) is 5.82 Å². The molecule has 10 heteroatoms. The Kier molecular flexibility index (Phi) is 6.61. The Labute approximate surface area is 239 Å². The number of anilines is 1. The normalized spacial score (nSPS) is 20.9. The number of nitriles is 1. The zero-order chi connectivity index (χ0) is 27.9. The van der Waals surface area contributed by atoms with E-state index in [9.17, 15) is 5.26 Å². The summed E-state index contributed by atoms with van der Waals surface area (Å²) in [5.41, 5.74) is 6.57. The lowest BCUT2D eigenvalue weighted by atomic mass is 9.87. The van der Waals surface area contributed by atoms with Gasteiger partial charge < -0.3 is 9.64 Å². The molecular formula is C31H33N9O. The Hall–Kier alpha value is -4.33. The number of piperidine rings is 1. The monoisotopic (exact) mass is 547 g/mol. The summed E-state index contributed by atoms with van der Waals surface area (Å²) in [5, 5.41) is 14.3. The van der Waals surface area contributed by atoms with Gasteiger partial charge in [0.1, 0.15) is 11.9 Å². The molecule has 3 saturated heterocycles. The Morgan fingerprint density at radius 3 is 2.61 bits per heavy atom. The highest BCUT2D eigenvalue weighted by molar-refractivity contribution is 5.85. The summed E-state index contributed by atoms with van der Waals surface area (Å²) in [7, 11) is 1.64. The molecule has 2 atom stereocenters. The summed E-state index contributed by atoms with van der Waals surface area (Å²) in [6.07, 6.45) is 13.8. The molecule has 8 heterocycles. The van der Waals surface area contributed by atoms with E-state index in [0.717, 1.165) is 73.8 Å². The van der Waals surface area contributed by atoms with E-state index in [-0.39, 0.29) is 0 Å². The molecule has 0 N–H and O–H groups in total. The molecule has 0 aliphatic carbocycles. The van der Waals surface area contributed by atoms with Crippen LogP contribution >= 0.6 is 0 Å². The highest BCUT2D eigenvalue weighted by Crippen LogP contribution is 2.36. The molecular weight excluding hydrogens is 514 g/mol. The van der Waals surface area contributed by atoms with Gasteiger partial charge in [0.2, 0.25) is 5.88 Å². The van der Waals surface area contributed by atoms with Crippen molar-refractivity contribution in [1.29, 1.82) is 5.26 Å². The lowest BCUT2D eigenvalue weighted by Crippen LogP contribution is -2.68. The number of aromatic nitrogens is 5. The van der Waals surface area contributed by atoms with Crippen molar-refractivity contribution in [3.8, 4) is 23.2 Å². The molecule has 0 aromatic carbocycles. The molecule has 4 aromatic heterocycles. The average Bonchev–Trinajstić information content (AvgIpc) is 3.47. The highest BCUT2D eigenvalue weighted by Gasteiger charge is 2.44. The minimum absolute atomic E-state index is 0.492. The van der Waals surface area contributed by atoms with Crippen molar-refractivity contribution < 1.29 is 4.74 Å². The standard InChI is InChI=1S/C31H33N9O/c1-3-37-8-6-22(7-9-37)23-10-27(31-24(12-32)14-36-40(31)18-23)28-15-34-29(16-33-28)38-19-25-11-26(20-38)39(25)17-21-4-5-30(41-2)35-13-21/h4-6,10,13-16,18,25-26H,3,7-9,11,17,19-20H2,1-2H3. The van der Waals surface area contributed by atoms with Crippen LogP contribution in [0.2, 0.25) is 0 Å². The third-order valence-corrected chi connectivity index (χ3v) is 8.80. The first-order chi connectivity index (χ1) is 20.1. The largest absolute Gasteiger partial charge is 0.481 e. The van der Waals surface area contributed by atoms with Gasteiger partial charge in [-0.15, -0.1) is 0 Å². The first kappa shape index (κ1) is 25.6. The summed E-state index contributed by atoms with van der Waals surface area (Å²) >= 11 is 0. The van der Waals surface area contributed by atoms with E-state index in [2.05, 4.69) is 56.0 Å². The molecule has 4 aliphatic heterocycles. The quantitative estimate of drug-likeness (QED) is 0.343. The zero-order valence-electron chi connectivity index (χ0n) is 23.4. The number of rotatable bonds is 7. The van der Waals surface area contributed by atoms with Crippen molar-refractivity contribution in [2.75, 3.05) is 44.7 Å². The third kappa shape index (κ3) is 4.71. The molecule has 10 nitrogen and oxygen atoms in total. The van der Waals surface area contributed by atoms with E-state index in [4.69, 9.17) is 14.7 Å². The van der Waals surface area contributed by atoms with E-state index >= 15 is 0 Å². The first-order valence-corrected chi connectivity index (χ1v) is 14.3. The Morgan fingerprint density at radius 1 is 1.07 bits per heavy atom. The van der Waals surface area contributed by atoms with Gasteiger partial charge in [-0.25, -0.2) is 14.5 Å². The van der Waals surface area contributed by atoms with Crippen molar-refractivity contribution in [3.05, 3.63) is 71.9 Å². The minimum atomic E-state index is 0.492. The van der Waals surface area contributed by atoms with E-state index in [1.54, 1.807) is 13.3 Å². The molecule has 0 saturated carbocycles. The lowest BCUT2D eigenvalue weighted by molar-refractivity contribution is -0.00879. The van der Waals surface area contributed by atoms with Crippen LogP contribution in [0.5, 0.6) is 5.88 Å². The molecule has 8 rings (SSSR count). The van der Waals surface area contributed by atoms with Crippen LogP contribution in [0.3, 0.4) is 0 Å². The Bertz CT molecular complexity index is 1630. The fourth-order valence-corrected chi connectivity index (χ4v) is 6.43. The second kappa shape index (κ2) is 10.6. The number of fused-ring (bicyclic) bond motifs is 3. The molecule has 2 bridgehead atoms. The zero-order valence-corrected chi connectivity index (χ0v) is 23.4. The predicted molar refractivity (Wildman–Crippen MR) is 156 cm³/mol. The lowest BCUT2D eigenvalue weighted by Gasteiger charge is -2.56. The minimum Gasteiger partial charge on any atom is -0.481 e. The van der Waals surface area contributed by atoms with Gasteiger partial charge in [-0.1, -0.05) is 19.1 Å². The number of likely N-dealkylation sites (N-methyl/N-ethyl adjacent to an activating group) is 1. The van der Waals surface area contributed by atoms with Crippen molar-refractivity contribution >= 4 is 16.9 Å². The van der Waals surface area contributed by atoms with Gasteiger partial charge in [0.15, 0.2) is 0 Å². The van der Waals surface area contributed by atoms with Gasteiger partial charge >= 0.3 is 0 Å². The first-order valence-electron chi connectivity index (χ1n) is 14.3. The fraction of sp³-hybridized carbons (Fsp3) is 0.387. The second-order valence-electron chi connectivity index (χ2n) is 11.1. The van der Waals surface area contributed by atoms with E-state index in [1.165, 1.54) is 17.6 Å². The fourth-order valence-electron chi connectivity index (χ4n) is 6.43. The SMILES string of the molecule is CCN1CC=C(c2cc(-c3cnc(N4CC5CC(C4)N5Cc4ccc(OC)nc4)cn3)c3c(C#N)cnn3c2)CC1. The second-order valence-corrected chi connectivity index (χ2v) is 11.1. The number of hydrogen-bond donors (Lipinski definition) is 0. The van der Waals surface area contributed by atoms with E-state index < -0.39 is 0 Å². The molecule has 4 aromatic rings. The van der Waals surface area contributed by atoms with Crippen LogP contribution in [-0.2, 0) is 6.54 Å². The maximum Gasteiger partial charge on any atom is 0.212 e. The summed E-state index contributed by atoms with van der Waals surface area (Å²) in [5.74, 6) is 1.54. The van der Waals surface area contributed by atoms with Gasteiger partial charge in [-0.3, -0.25) is 14.8 Å². The summed E-state index contributed by atoms with van der Waals surface area (Å²) in [4.78, 5) is 21.4. The number of nitrogens with zero attached hydrogens (tertiary/aromatic N) is 9. The molecule has 0 amide bonds. The number of pyridine rings is 2. The molecule has 2 unspecified atom stereocenters. The topological polar surface area (TPSA) is 98.7 Å². The van der Waals surface area contributed by atoms with Crippen molar-refractivity contribution in [2.24, 2.45) is 0 Å². The number of ether oxygens (including phenoxy) is 1. The maximum atomic E-state index is 9.78. The van der Waals surface area contributed by atoms with Crippen LogP contribution in [-0.4, -0.2) is 86.3 Å². The average molecular weight is 548 g/mol. The van der Waals surface area contributed by atoms with Gasteiger partial charge in [0, 0.05) is 68.8 Å². The van der Waals surface area contributed by atoms with Crippen LogP contribution in [0, 0.1) is 11.3 Å². The number of methoxy groups -OCH3 is 1. The molecule has 3 fully saturated rings. The smallest absolute Gasteiger partial charge is 0.212 e. The molecule has 0 spiro atoms. The van der Waals surface area contributed by atoms with Gasteiger partial charge in [-0.2, -0.15) is 10.4 Å². The van der Waals surface area contributed by atoms with Crippen LogP contribution in [0.25, 0.3) is 22.3 Å². The Balaban J connectivity index is 1.11. The summed E-state index contributed by atoms with van der Waals surface area (Å²) in [6.45, 7) is 7.99. The molecule has 0 radical (unpaired) electrons. The Morgan fingerprint density at radius 2 is 1.95 bits per heavy atom. The van der Waals surface area contributed by atoms with Gasteiger partial charge in [0.05, 0.1) is 42.5 Å². The molecule has 208 valence electrons. The van der Waals surface area contributed by atoms with Crippen molar-refractivity contribution in [3.63, 3.8) is 0 Å². The number of piperazine rings is 1. The maximum absolute atomic E-state index is 9.78. The predicted octanol–water partition coefficient (Wildman–Crippen LogP) is 3.64. The molecule has 4 aliphatic rings. The third-order valence-electron chi connectivity index (χ3n) is 8.80. The highest BCUT2D eigenvalue weighted by atomic mass is 16.5. The summed E-state index contributed by atoms with van der Waals surface area (Å²) < 4.78 is 7.01. The van der Waals surface area contributed by atoms with Crippen LogP contribution in [0.15, 0.2) is 55.3 Å². The van der Waals surface area contributed by atoms with E-state index in [0.29, 0.717) is 23.5 Å². The van der Waals surface area contributed by atoms with Crippen molar-refractivity contribution in [1.82, 2.24) is 34.4 Å².